The number of imide groups is 1. The van der Waals surface area contributed by atoms with Crippen LogP contribution in [0.4, 0.5) is 24.5 Å². The van der Waals surface area contributed by atoms with E-state index in [2.05, 4.69) is 15.9 Å². The van der Waals surface area contributed by atoms with Crippen molar-refractivity contribution in [3.63, 3.8) is 0 Å². The lowest BCUT2D eigenvalue weighted by atomic mass is 9.86. The number of nitrogens with zero attached hydrogens (tertiary/aromatic N) is 2. The summed E-state index contributed by atoms with van der Waals surface area (Å²) in [5, 5.41) is 0.424. The molecule has 3 aromatic rings. The molecule has 3 aliphatic rings. The lowest BCUT2D eigenvalue weighted by Gasteiger charge is -2.36. The number of alkyl halides is 3. The van der Waals surface area contributed by atoms with Gasteiger partial charge in [0.25, 0.3) is 0 Å². The number of hydrogen-bond donors (Lipinski definition) is 0. The van der Waals surface area contributed by atoms with E-state index >= 15 is 0 Å². The summed E-state index contributed by atoms with van der Waals surface area (Å²) in [4.78, 5) is 44.2. The monoisotopic (exact) mass is 600 g/mol. The Morgan fingerprint density at radius 3 is 2.34 bits per heavy atom. The van der Waals surface area contributed by atoms with Crippen molar-refractivity contribution in [3.8, 4) is 0 Å². The minimum atomic E-state index is -4.65. The van der Waals surface area contributed by atoms with E-state index in [1.54, 1.807) is 59.5 Å². The number of carbonyl (C=O) groups excluding carboxylic acids is 3. The summed E-state index contributed by atoms with van der Waals surface area (Å²) < 4.78 is 40.9. The number of anilines is 2. The van der Waals surface area contributed by atoms with Crippen LogP contribution in [0.25, 0.3) is 6.08 Å². The number of halogens is 5. The summed E-state index contributed by atoms with van der Waals surface area (Å²) in [5.74, 6) is -3.79. The van der Waals surface area contributed by atoms with E-state index in [0.29, 0.717) is 16.3 Å². The fraction of sp³-hybridized carbons (Fsp3) is 0.179. The highest BCUT2D eigenvalue weighted by Gasteiger charge is 2.64. The zero-order valence-corrected chi connectivity index (χ0v) is 21.7. The third-order valence-corrected chi connectivity index (χ3v) is 8.06. The van der Waals surface area contributed by atoms with Crippen LogP contribution in [0.5, 0.6) is 0 Å². The molecular weight excluding hydrogens is 585 g/mol. The summed E-state index contributed by atoms with van der Waals surface area (Å²) in [6.45, 7) is 0. The van der Waals surface area contributed by atoms with E-state index in [9.17, 15) is 27.6 Å². The Balaban J connectivity index is 1.49. The van der Waals surface area contributed by atoms with Crippen LogP contribution in [0.2, 0.25) is 5.02 Å². The van der Waals surface area contributed by atoms with Crippen LogP contribution in [0, 0.1) is 11.8 Å². The van der Waals surface area contributed by atoms with Crippen molar-refractivity contribution in [2.24, 2.45) is 11.8 Å². The van der Waals surface area contributed by atoms with Crippen molar-refractivity contribution in [3.05, 3.63) is 99.0 Å². The number of amides is 2. The van der Waals surface area contributed by atoms with Gasteiger partial charge in [-0.15, -0.1) is 0 Å². The summed E-state index contributed by atoms with van der Waals surface area (Å²) >= 11 is 9.63. The summed E-state index contributed by atoms with van der Waals surface area (Å²) in [6, 6.07) is 14.2. The highest BCUT2D eigenvalue weighted by atomic mass is 79.9. The summed E-state index contributed by atoms with van der Waals surface area (Å²) in [6.07, 6.45) is -1.08. The van der Waals surface area contributed by atoms with Crippen molar-refractivity contribution in [1.29, 1.82) is 0 Å². The van der Waals surface area contributed by atoms with Gasteiger partial charge in [-0.05, 0) is 48.0 Å². The Kier molecular flexibility index (Phi) is 5.77. The lowest BCUT2D eigenvalue weighted by Crippen LogP contribution is -2.48. The maximum Gasteiger partial charge on any atom is 0.416 e. The molecule has 6 rings (SSSR count). The summed E-state index contributed by atoms with van der Waals surface area (Å²) in [7, 11) is 0. The molecule has 0 saturated carbocycles. The van der Waals surface area contributed by atoms with Gasteiger partial charge in [0.1, 0.15) is 6.04 Å². The number of rotatable bonds is 3. The first-order valence-electron chi connectivity index (χ1n) is 11.7. The molecule has 3 heterocycles. The maximum atomic E-state index is 14.0. The molecule has 3 aromatic carbocycles. The van der Waals surface area contributed by atoms with Gasteiger partial charge < -0.3 is 4.90 Å². The molecule has 3 aliphatic heterocycles. The molecule has 5 nitrogen and oxygen atoms in total. The number of ketones is 1. The molecule has 0 unspecified atom stereocenters. The topological polar surface area (TPSA) is 57.7 Å². The smallest absolute Gasteiger partial charge is 0.352 e. The van der Waals surface area contributed by atoms with Crippen molar-refractivity contribution < 1.29 is 27.6 Å². The molecular formula is C28H17BrClF3N2O3. The van der Waals surface area contributed by atoms with Gasteiger partial charge in [-0.3, -0.25) is 14.4 Å². The second-order valence-corrected chi connectivity index (χ2v) is 10.7. The van der Waals surface area contributed by atoms with Crippen LogP contribution < -0.4 is 9.80 Å². The second kappa shape index (κ2) is 8.81. The number of carbonyl (C=O) groups is 3. The SMILES string of the molecule is O=C(c1ccc(Br)cc1)[C@@H]1[C@@H]2C(=O)N(c3cccc(C(F)(F)F)c3)C(=O)[C@H]2[C@@H]2C=Cc3ccc(Cl)cc3N12. The fourth-order valence-electron chi connectivity index (χ4n) is 5.69. The Hall–Kier alpha value is -3.43. The lowest BCUT2D eigenvalue weighted by molar-refractivity contribution is -0.137. The van der Waals surface area contributed by atoms with Crippen molar-refractivity contribution in [2.75, 3.05) is 9.80 Å². The first kappa shape index (κ1) is 24.9. The van der Waals surface area contributed by atoms with E-state index < -0.39 is 47.5 Å². The van der Waals surface area contributed by atoms with Gasteiger partial charge in [0.2, 0.25) is 11.8 Å². The van der Waals surface area contributed by atoms with Crippen LogP contribution in [0.15, 0.2) is 77.3 Å². The number of Topliss-reactive ketones (excluding diaryl/α,β-unsaturated/α-hetero) is 1. The van der Waals surface area contributed by atoms with Gasteiger partial charge in [-0.2, -0.15) is 13.2 Å². The van der Waals surface area contributed by atoms with Gasteiger partial charge in [0.05, 0.1) is 29.1 Å². The molecule has 4 atom stereocenters. The van der Waals surface area contributed by atoms with Crippen LogP contribution in [-0.4, -0.2) is 29.7 Å². The molecule has 0 aliphatic carbocycles. The van der Waals surface area contributed by atoms with Gasteiger partial charge in [0, 0.05) is 20.7 Å². The zero-order chi connectivity index (χ0) is 26.9. The molecule has 10 heteroatoms. The molecule has 0 N–H and O–H groups in total. The molecule has 0 spiro atoms. The Morgan fingerprint density at radius 2 is 1.63 bits per heavy atom. The normalized spacial score (nSPS) is 23.9. The largest absolute Gasteiger partial charge is 0.416 e. The van der Waals surface area contributed by atoms with Gasteiger partial charge in [-0.25, -0.2) is 4.90 Å². The minimum Gasteiger partial charge on any atom is -0.352 e. The molecule has 2 fully saturated rings. The molecule has 0 aromatic heterocycles. The van der Waals surface area contributed by atoms with E-state index in [0.717, 1.165) is 33.1 Å². The highest BCUT2D eigenvalue weighted by Crippen LogP contribution is 2.50. The average molecular weight is 602 g/mol. The molecule has 38 heavy (non-hydrogen) atoms. The Bertz CT molecular complexity index is 1540. The third kappa shape index (κ3) is 3.79. The van der Waals surface area contributed by atoms with Crippen LogP contribution >= 0.6 is 27.5 Å². The molecule has 0 bridgehead atoms. The number of fused-ring (bicyclic) bond motifs is 5. The van der Waals surface area contributed by atoms with Crippen molar-refractivity contribution in [1.82, 2.24) is 0 Å². The summed E-state index contributed by atoms with van der Waals surface area (Å²) in [5.41, 5.74) is 0.579. The quantitative estimate of drug-likeness (QED) is 0.258. The Labute approximate surface area is 228 Å². The van der Waals surface area contributed by atoms with E-state index in [1.165, 1.54) is 6.07 Å². The van der Waals surface area contributed by atoms with Crippen molar-refractivity contribution in [2.45, 2.75) is 18.3 Å². The average Bonchev–Trinajstić information content (AvgIpc) is 3.36. The predicted molar refractivity (Wildman–Crippen MR) is 140 cm³/mol. The molecule has 2 amide bonds. The Morgan fingerprint density at radius 1 is 0.921 bits per heavy atom. The van der Waals surface area contributed by atoms with Crippen molar-refractivity contribution >= 4 is 62.6 Å². The first-order valence-corrected chi connectivity index (χ1v) is 12.8. The molecule has 2 saturated heterocycles. The van der Waals surface area contributed by atoms with Crippen LogP contribution in [0.1, 0.15) is 21.5 Å². The molecule has 0 radical (unpaired) electrons. The number of hydrogen-bond acceptors (Lipinski definition) is 4. The predicted octanol–water partition coefficient (Wildman–Crippen LogP) is 6.39. The zero-order valence-electron chi connectivity index (χ0n) is 19.3. The standard InChI is InChI=1S/C28H17BrClF3N2O3/c29-17-8-4-15(5-9-17)25(36)24-23-22(20-11-7-14-6-10-18(30)13-21(14)35(20)24)26(37)34(27(23)38)19-3-1-2-16(12-19)28(31,32)33/h1-13,20,22-24H/t20-,22-,23+,24-/m0/s1. The fourth-order valence-corrected chi connectivity index (χ4v) is 6.12. The van der Waals surface area contributed by atoms with E-state index in [-0.39, 0.29) is 11.5 Å². The van der Waals surface area contributed by atoms with E-state index in [1.807, 2.05) is 0 Å². The van der Waals surface area contributed by atoms with Gasteiger partial charge in [-0.1, -0.05) is 63.9 Å². The second-order valence-electron chi connectivity index (χ2n) is 9.39. The van der Waals surface area contributed by atoms with E-state index in [4.69, 9.17) is 11.6 Å². The highest BCUT2D eigenvalue weighted by molar-refractivity contribution is 9.10. The molecule has 192 valence electrons. The van der Waals surface area contributed by atoms with Gasteiger partial charge >= 0.3 is 6.18 Å². The third-order valence-electron chi connectivity index (χ3n) is 7.30. The minimum absolute atomic E-state index is 0.172. The maximum absolute atomic E-state index is 14.0. The van der Waals surface area contributed by atoms with Crippen LogP contribution in [0.3, 0.4) is 0 Å². The van der Waals surface area contributed by atoms with Crippen LogP contribution in [-0.2, 0) is 15.8 Å². The number of benzene rings is 3. The first-order chi connectivity index (χ1) is 18.1. The van der Waals surface area contributed by atoms with Gasteiger partial charge in [0.15, 0.2) is 5.78 Å².